The maximum atomic E-state index is 12.7. The molecule has 6 heteroatoms. The maximum absolute atomic E-state index is 12.7. The van der Waals surface area contributed by atoms with Crippen molar-refractivity contribution < 1.29 is 28.6 Å². The number of furan rings is 1. The summed E-state index contributed by atoms with van der Waals surface area (Å²) in [6.45, 7) is 8.75. The SMILES string of the molecule is CC=C(C)C(=O)O[C@@H]1c2c(C)coc2C[C@@H]2CC[C@@H](OC(C)=O)[C@H](CO)[C@]21C. The molecular weight excluding hydrogens is 360 g/mol. The molecule has 2 aliphatic rings. The van der Waals surface area contributed by atoms with Gasteiger partial charge in [-0.15, -0.1) is 0 Å². The van der Waals surface area contributed by atoms with Crippen molar-refractivity contribution in [3.63, 3.8) is 0 Å². The van der Waals surface area contributed by atoms with Crippen LogP contribution in [0.3, 0.4) is 0 Å². The second-order valence-corrected chi connectivity index (χ2v) is 8.29. The number of ether oxygens (including phenoxy) is 2. The van der Waals surface area contributed by atoms with Crippen LogP contribution in [0.5, 0.6) is 0 Å². The first kappa shape index (κ1) is 20.6. The van der Waals surface area contributed by atoms with E-state index >= 15 is 0 Å². The highest BCUT2D eigenvalue weighted by atomic mass is 16.6. The minimum atomic E-state index is -0.571. The Bertz CT molecular complexity index is 791. The maximum Gasteiger partial charge on any atom is 0.334 e. The molecule has 0 bridgehead atoms. The fourth-order valence-electron chi connectivity index (χ4n) is 5.04. The Balaban J connectivity index is 2.09. The Kier molecular flexibility index (Phi) is 5.71. The third-order valence-electron chi connectivity index (χ3n) is 6.78. The van der Waals surface area contributed by atoms with Gasteiger partial charge in [0, 0.05) is 35.8 Å². The molecule has 6 nitrogen and oxygen atoms in total. The molecule has 1 N–H and O–H groups in total. The van der Waals surface area contributed by atoms with E-state index in [2.05, 4.69) is 0 Å². The molecule has 1 aromatic rings. The Morgan fingerprint density at radius 2 is 2.04 bits per heavy atom. The lowest BCUT2D eigenvalue weighted by Crippen LogP contribution is -2.55. The first-order valence-electron chi connectivity index (χ1n) is 9.92. The van der Waals surface area contributed by atoms with Gasteiger partial charge in [0.15, 0.2) is 0 Å². The summed E-state index contributed by atoms with van der Waals surface area (Å²) in [5.74, 6) is -0.0786. The Morgan fingerprint density at radius 1 is 1.32 bits per heavy atom. The second-order valence-electron chi connectivity index (χ2n) is 8.29. The fraction of sp³-hybridized carbons (Fsp3) is 0.636. The van der Waals surface area contributed by atoms with E-state index < -0.39 is 17.6 Å². The normalized spacial score (nSPS) is 32.3. The molecule has 0 spiro atoms. The van der Waals surface area contributed by atoms with Crippen LogP contribution in [0.25, 0.3) is 0 Å². The van der Waals surface area contributed by atoms with Crippen molar-refractivity contribution in [1.29, 1.82) is 0 Å². The van der Waals surface area contributed by atoms with Crippen LogP contribution in [0.1, 0.15) is 63.5 Å². The largest absolute Gasteiger partial charge is 0.469 e. The van der Waals surface area contributed by atoms with E-state index in [0.29, 0.717) is 12.0 Å². The molecule has 28 heavy (non-hydrogen) atoms. The quantitative estimate of drug-likeness (QED) is 0.624. The number of aliphatic hydroxyl groups excluding tert-OH is 1. The average Bonchev–Trinajstić information content (AvgIpc) is 3.01. The van der Waals surface area contributed by atoms with E-state index in [1.54, 1.807) is 26.2 Å². The number of esters is 2. The van der Waals surface area contributed by atoms with Crippen LogP contribution in [-0.2, 0) is 25.5 Å². The zero-order chi connectivity index (χ0) is 20.6. The van der Waals surface area contributed by atoms with Gasteiger partial charge < -0.3 is 19.0 Å². The molecule has 1 saturated carbocycles. The van der Waals surface area contributed by atoms with Gasteiger partial charge >= 0.3 is 11.9 Å². The summed E-state index contributed by atoms with van der Waals surface area (Å²) in [5.41, 5.74) is 1.77. The topological polar surface area (TPSA) is 86.0 Å². The number of carbonyl (C=O) groups is 2. The molecule has 0 unspecified atom stereocenters. The number of aryl methyl sites for hydroxylation is 1. The number of allylic oxidation sites excluding steroid dienone is 1. The predicted octanol–water partition coefficient (Wildman–Crippen LogP) is 3.65. The van der Waals surface area contributed by atoms with E-state index in [1.807, 2.05) is 13.8 Å². The minimum Gasteiger partial charge on any atom is -0.469 e. The van der Waals surface area contributed by atoms with Gasteiger partial charge in [0.25, 0.3) is 0 Å². The van der Waals surface area contributed by atoms with Crippen LogP contribution in [0, 0.1) is 24.2 Å². The van der Waals surface area contributed by atoms with Crippen molar-refractivity contribution >= 4 is 11.9 Å². The van der Waals surface area contributed by atoms with Crippen molar-refractivity contribution in [3.8, 4) is 0 Å². The second kappa shape index (κ2) is 7.74. The lowest BCUT2D eigenvalue weighted by molar-refractivity contribution is -0.191. The zero-order valence-electron chi connectivity index (χ0n) is 17.3. The van der Waals surface area contributed by atoms with Crippen LogP contribution in [0.15, 0.2) is 22.3 Å². The molecule has 0 aromatic carbocycles. The summed E-state index contributed by atoms with van der Waals surface area (Å²) >= 11 is 0. The number of hydrogen-bond donors (Lipinski definition) is 1. The van der Waals surface area contributed by atoms with Crippen molar-refractivity contribution in [2.45, 2.75) is 66.1 Å². The van der Waals surface area contributed by atoms with E-state index in [4.69, 9.17) is 13.9 Å². The molecule has 2 aliphatic carbocycles. The third kappa shape index (κ3) is 3.28. The first-order valence-corrected chi connectivity index (χ1v) is 9.92. The fourth-order valence-corrected chi connectivity index (χ4v) is 5.04. The molecule has 0 amide bonds. The summed E-state index contributed by atoms with van der Waals surface area (Å²) in [6.07, 6.45) is 4.65. The zero-order valence-corrected chi connectivity index (χ0v) is 17.3. The van der Waals surface area contributed by atoms with Crippen molar-refractivity contribution in [1.82, 2.24) is 0 Å². The van der Waals surface area contributed by atoms with E-state index in [0.717, 1.165) is 29.7 Å². The molecule has 154 valence electrons. The minimum absolute atomic E-state index is 0.145. The van der Waals surface area contributed by atoms with Gasteiger partial charge in [0.1, 0.15) is 18.0 Å². The van der Waals surface area contributed by atoms with Crippen LogP contribution in [-0.4, -0.2) is 29.8 Å². The molecule has 1 fully saturated rings. The highest BCUT2D eigenvalue weighted by molar-refractivity contribution is 5.87. The van der Waals surface area contributed by atoms with E-state index in [1.165, 1.54) is 6.92 Å². The van der Waals surface area contributed by atoms with Gasteiger partial charge in [-0.1, -0.05) is 13.0 Å². The van der Waals surface area contributed by atoms with Gasteiger partial charge in [0.05, 0.1) is 12.9 Å². The lowest BCUT2D eigenvalue weighted by atomic mass is 9.53. The smallest absolute Gasteiger partial charge is 0.334 e. The van der Waals surface area contributed by atoms with Gasteiger partial charge in [-0.05, 0) is 45.1 Å². The van der Waals surface area contributed by atoms with Gasteiger partial charge in [-0.2, -0.15) is 0 Å². The summed E-state index contributed by atoms with van der Waals surface area (Å²) in [5, 5.41) is 10.3. The lowest BCUT2D eigenvalue weighted by Gasteiger charge is -2.55. The summed E-state index contributed by atoms with van der Waals surface area (Å²) < 4.78 is 17.4. The molecular formula is C22H30O6. The highest BCUT2D eigenvalue weighted by Gasteiger charge is 2.59. The van der Waals surface area contributed by atoms with Crippen LogP contribution < -0.4 is 0 Å². The van der Waals surface area contributed by atoms with E-state index in [-0.39, 0.29) is 30.4 Å². The van der Waals surface area contributed by atoms with Crippen molar-refractivity contribution in [3.05, 3.63) is 34.8 Å². The number of hydrogen-bond acceptors (Lipinski definition) is 6. The summed E-state index contributed by atoms with van der Waals surface area (Å²) in [6, 6.07) is 0. The third-order valence-corrected chi connectivity index (χ3v) is 6.78. The van der Waals surface area contributed by atoms with Gasteiger partial charge in [-0.25, -0.2) is 4.79 Å². The molecule has 3 rings (SSSR count). The Morgan fingerprint density at radius 3 is 2.64 bits per heavy atom. The van der Waals surface area contributed by atoms with Gasteiger partial charge in [-0.3, -0.25) is 4.79 Å². The van der Waals surface area contributed by atoms with Crippen molar-refractivity contribution in [2.24, 2.45) is 17.3 Å². The molecule has 0 saturated heterocycles. The Hall–Kier alpha value is -2.08. The van der Waals surface area contributed by atoms with Crippen LogP contribution in [0.4, 0.5) is 0 Å². The molecule has 1 heterocycles. The number of carbonyl (C=O) groups excluding carboxylic acids is 2. The van der Waals surface area contributed by atoms with Gasteiger partial charge in [0.2, 0.25) is 0 Å². The molecule has 0 radical (unpaired) electrons. The average molecular weight is 390 g/mol. The number of rotatable bonds is 4. The standard InChI is InChI=1S/C22H30O6/c1-6-12(2)21(25)28-20-19-13(3)11-26-18(19)9-15-7-8-17(27-14(4)24)16(10-23)22(15,20)5/h6,11,15-17,20,23H,7-10H2,1-5H3/t15-,16-,17+,20+,22-/m0/s1. The van der Waals surface area contributed by atoms with Crippen LogP contribution >= 0.6 is 0 Å². The number of fused-ring (bicyclic) bond motifs is 2. The molecule has 5 atom stereocenters. The van der Waals surface area contributed by atoms with Crippen molar-refractivity contribution in [2.75, 3.05) is 6.61 Å². The number of aliphatic hydroxyl groups is 1. The monoisotopic (exact) mass is 390 g/mol. The first-order chi connectivity index (χ1) is 13.2. The Labute approximate surface area is 165 Å². The summed E-state index contributed by atoms with van der Waals surface area (Å²) in [7, 11) is 0. The molecule has 1 aromatic heterocycles. The predicted molar refractivity (Wildman–Crippen MR) is 102 cm³/mol. The van der Waals surface area contributed by atoms with E-state index in [9.17, 15) is 14.7 Å². The summed E-state index contributed by atoms with van der Waals surface area (Å²) in [4.78, 5) is 24.3. The highest BCUT2D eigenvalue weighted by Crippen LogP contribution is 2.60. The molecule has 0 aliphatic heterocycles. The van der Waals surface area contributed by atoms with Crippen LogP contribution in [0.2, 0.25) is 0 Å².